The molecule has 9 aromatic rings. The molecule has 6 heteroatoms. The van der Waals surface area contributed by atoms with E-state index in [1.165, 1.54) is 11.1 Å². The topological polar surface area (TPSA) is 3.24 Å². The van der Waals surface area contributed by atoms with Crippen LogP contribution in [0.25, 0.3) is 22.3 Å². The van der Waals surface area contributed by atoms with E-state index < -0.39 is 10.8 Å². The van der Waals surface area contributed by atoms with Crippen LogP contribution in [-0.2, 0) is 10.8 Å². The van der Waals surface area contributed by atoms with Gasteiger partial charge in [-0.25, -0.2) is 0 Å². The van der Waals surface area contributed by atoms with Gasteiger partial charge in [-0.2, -0.15) is 0 Å². The highest BCUT2D eigenvalue weighted by Gasteiger charge is 2.50. The number of hydrogen-bond donors (Lipinski definition) is 0. The smallest absolute Gasteiger partial charge is 0.115 e. The van der Waals surface area contributed by atoms with Crippen LogP contribution in [0.15, 0.2) is 206 Å². The highest BCUT2D eigenvalue weighted by atomic mass is 15.2. The van der Waals surface area contributed by atoms with Crippen molar-refractivity contribution >= 4 is 83.6 Å². The van der Waals surface area contributed by atoms with Gasteiger partial charge >= 0.3 is 0 Å². The molecule has 0 atom stereocenters. The summed E-state index contributed by atoms with van der Waals surface area (Å²) in [6, 6.07) is 73.7. The number of fused-ring (bicyclic) bond motifs is 6. The van der Waals surface area contributed by atoms with Crippen molar-refractivity contribution in [3.8, 4) is 22.3 Å². The lowest BCUT2D eigenvalue weighted by atomic mass is 9.61. The molecule has 0 amide bonds. The standard InChI is InChI=1S/C56H34B5N/c57-49-50(58)52(60)54(53(61)51(49)59)62(45-33-17-31-43-47(45)39-27-13-15-29-41(39)55(43,35-19-5-1-6-20-35)36-21-7-2-8-22-36)46-34-18-32-44-48(46)40-28-14-16-30-42(40)56(44,37-23-9-3-10-24-37)38-25-11-4-12-26-38/h1-34H. The zero-order valence-electron chi connectivity index (χ0n) is 34.0. The molecule has 11 rings (SSSR count). The molecule has 0 unspecified atom stereocenters. The highest BCUT2D eigenvalue weighted by Crippen LogP contribution is 2.62. The third kappa shape index (κ3) is 5.16. The lowest BCUT2D eigenvalue weighted by Gasteiger charge is -2.37. The second kappa shape index (κ2) is 14.6. The molecule has 1 nitrogen and oxygen atoms in total. The molecule has 0 saturated heterocycles. The molecule has 0 aliphatic heterocycles. The molecule has 0 saturated carbocycles. The summed E-state index contributed by atoms with van der Waals surface area (Å²) in [4.78, 5) is 2.19. The molecule has 0 aromatic heterocycles. The van der Waals surface area contributed by atoms with E-state index in [0.717, 1.165) is 67.0 Å². The summed E-state index contributed by atoms with van der Waals surface area (Å²) in [5.41, 5.74) is 15.4. The van der Waals surface area contributed by atoms with Crippen LogP contribution in [0, 0.1) is 0 Å². The molecule has 0 heterocycles. The van der Waals surface area contributed by atoms with Crippen molar-refractivity contribution in [2.45, 2.75) is 10.8 Å². The summed E-state index contributed by atoms with van der Waals surface area (Å²) in [5.74, 6) is 0. The van der Waals surface area contributed by atoms with Gasteiger partial charge in [0.05, 0.1) is 22.2 Å². The predicted molar refractivity (Wildman–Crippen MR) is 263 cm³/mol. The van der Waals surface area contributed by atoms with Crippen LogP contribution >= 0.6 is 0 Å². The van der Waals surface area contributed by atoms with Gasteiger partial charge in [0.1, 0.15) is 39.2 Å². The van der Waals surface area contributed by atoms with Crippen molar-refractivity contribution < 1.29 is 0 Å². The number of anilines is 3. The van der Waals surface area contributed by atoms with E-state index in [1.807, 2.05) is 0 Å². The lowest BCUT2D eigenvalue weighted by Crippen LogP contribution is -2.56. The first-order chi connectivity index (χ1) is 30.4. The molecule has 2 aliphatic carbocycles. The van der Waals surface area contributed by atoms with Crippen LogP contribution in [0.2, 0.25) is 0 Å². The first-order valence-electron chi connectivity index (χ1n) is 20.9. The minimum Gasteiger partial charge on any atom is -0.310 e. The maximum absolute atomic E-state index is 7.20. The zero-order chi connectivity index (χ0) is 42.2. The minimum atomic E-state index is -0.659. The van der Waals surface area contributed by atoms with Gasteiger partial charge in [-0.15, -0.1) is 16.4 Å². The van der Waals surface area contributed by atoms with E-state index in [9.17, 15) is 0 Å². The van der Waals surface area contributed by atoms with Crippen LogP contribution in [0.3, 0.4) is 0 Å². The first kappa shape index (κ1) is 38.1. The quantitative estimate of drug-likeness (QED) is 0.149. The van der Waals surface area contributed by atoms with Gasteiger partial charge in [-0.1, -0.05) is 205 Å². The Morgan fingerprint density at radius 1 is 0.274 bits per heavy atom. The Balaban J connectivity index is 1.30. The summed E-state index contributed by atoms with van der Waals surface area (Å²) in [7, 11) is 34.5. The molecule has 0 N–H and O–H groups in total. The van der Waals surface area contributed by atoms with Crippen LogP contribution in [0.4, 0.5) is 17.1 Å². The first-order valence-corrected chi connectivity index (χ1v) is 20.9. The number of benzene rings is 9. The largest absolute Gasteiger partial charge is 0.310 e. The minimum absolute atomic E-state index is 0.162. The molecule has 0 fully saturated rings. The summed E-state index contributed by atoms with van der Waals surface area (Å²) in [6.07, 6.45) is 0. The Hall–Kier alpha value is -6.90. The zero-order valence-corrected chi connectivity index (χ0v) is 34.0. The van der Waals surface area contributed by atoms with Gasteiger partial charge in [-0.3, -0.25) is 0 Å². The van der Waals surface area contributed by atoms with E-state index in [0.29, 0.717) is 5.69 Å². The van der Waals surface area contributed by atoms with Crippen molar-refractivity contribution in [2.24, 2.45) is 0 Å². The Kier molecular flexibility index (Phi) is 8.98. The Morgan fingerprint density at radius 2 is 0.565 bits per heavy atom. The van der Waals surface area contributed by atoms with Crippen molar-refractivity contribution in [1.82, 2.24) is 0 Å². The van der Waals surface area contributed by atoms with Gasteiger partial charge in [0.2, 0.25) is 0 Å². The van der Waals surface area contributed by atoms with Gasteiger partial charge in [0, 0.05) is 16.8 Å². The van der Waals surface area contributed by atoms with E-state index in [4.69, 9.17) is 39.2 Å². The summed E-state index contributed by atoms with van der Waals surface area (Å²) in [5, 5.41) is 0. The van der Waals surface area contributed by atoms with Gasteiger partial charge in [0.15, 0.2) is 0 Å². The molecule has 2 aliphatic rings. The average Bonchev–Trinajstić information content (AvgIpc) is 3.82. The van der Waals surface area contributed by atoms with Crippen LogP contribution < -0.4 is 32.2 Å². The summed E-state index contributed by atoms with van der Waals surface area (Å²) in [6.45, 7) is 0. The normalized spacial score (nSPS) is 13.7. The summed E-state index contributed by atoms with van der Waals surface area (Å²) < 4.78 is 0. The van der Waals surface area contributed by atoms with Crippen molar-refractivity contribution in [3.63, 3.8) is 0 Å². The molecule has 0 bridgehead atoms. The van der Waals surface area contributed by atoms with Gasteiger partial charge in [0.25, 0.3) is 0 Å². The van der Waals surface area contributed by atoms with Crippen molar-refractivity contribution in [1.29, 1.82) is 0 Å². The van der Waals surface area contributed by atoms with Crippen LogP contribution in [0.5, 0.6) is 0 Å². The van der Waals surface area contributed by atoms with Crippen molar-refractivity contribution in [2.75, 3.05) is 4.90 Å². The maximum atomic E-state index is 7.20. The Labute approximate surface area is 370 Å². The third-order valence-electron chi connectivity index (χ3n) is 13.3. The molecule has 10 radical (unpaired) electrons. The van der Waals surface area contributed by atoms with Gasteiger partial charge < -0.3 is 4.90 Å². The number of rotatable bonds is 7. The van der Waals surface area contributed by atoms with Gasteiger partial charge in [-0.05, 0) is 67.8 Å². The Morgan fingerprint density at radius 3 is 0.919 bits per heavy atom. The van der Waals surface area contributed by atoms with E-state index in [1.54, 1.807) is 0 Å². The van der Waals surface area contributed by atoms with Crippen molar-refractivity contribution in [3.05, 3.63) is 251 Å². The average molecular weight is 775 g/mol. The molecular formula is C56H34B5N. The number of nitrogens with zero attached hydrogens (tertiary/aromatic N) is 1. The molecule has 62 heavy (non-hydrogen) atoms. The Bertz CT molecular complexity index is 2900. The SMILES string of the molecule is [B]c1c([B])c([B])c(N(c2cccc3c2-c2ccccc2C3(c2ccccc2)c2ccccc2)c2cccc3c2-c2ccccc2C3(c2ccccc2)c2ccccc2)c([B])c1[B]. The number of hydrogen-bond acceptors (Lipinski definition) is 1. The van der Waals surface area contributed by atoms with Crippen LogP contribution in [0.1, 0.15) is 44.5 Å². The lowest BCUT2D eigenvalue weighted by molar-refractivity contribution is 0.768. The second-order valence-corrected chi connectivity index (χ2v) is 16.2. The molecule has 9 aromatic carbocycles. The fraction of sp³-hybridized carbons (Fsp3) is 0.0357. The van der Waals surface area contributed by atoms with E-state index in [-0.39, 0.29) is 27.3 Å². The highest BCUT2D eigenvalue weighted by molar-refractivity contribution is 6.69. The molecule has 278 valence electrons. The molecular weight excluding hydrogens is 741 g/mol. The van der Waals surface area contributed by atoms with E-state index >= 15 is 0 Å². The predicted octanol–water partition coefficient (Wildman–Crippen LogP) is 7.85. The third-order valence-corrected chi connectivity index (χ3v) is 13.3. The summed E-state index contributed by atoms with van der Waals surface area (Å²) >= 11 is 0. The monoisotopic (exact) mass is 775 g/mol. The van der Waals surface area contributed by atoms with E-state index in [2.05, 4.69) is 211 Å². The maximum Gasteiger partial charge on any atom is 0.115 e. The van der Waals surface area contributed by atoms with Crippen LogP contribution in [-0.4, -0.2) is 39.2 Å². The molecule has 0 spiro atoms. The fourth-order valence-electron chi connectivity index (χ4n) is 10.8. The second-order valence-electron chi connectivity index (χ2n) is 16.2. The fourth-order valence-corrected chi connectivity index (χ4v) is 10.8.